The molecule has 2 aliphatic carbocycles. The average molecular weight is 266 g/mol. The number of hydrogen-bond donors (Lipinski definition) is 1. The highest BCUT2D eigenvalue weighted by molar-refractivity contribution is 5.75. The number of morpholine rings is 1. The van der Waals surface area contributed by atoms with E-state index < -0.39 is 0 Å². The lowest BCUT2D eigenvalue weighted by Gasteiger charge is -2.49. The normalized spacial score (nSPS) is 29.3. The van der Waals surface area contributed by atoms with E-state index in [1.54, 1.807) is 0 Å². The van der Waals surface area contributed by atoms with E-state index in [-0.39, 0.29) is 17.2 Å². The Morgan fingerprint density at radius 3 is 2.42 bits per heavy atom. The van der Waals surface area contributed by atoms with E-state index in [0.717, 1.165) is 32.2 Å². The predicted molar refractivity (Wildman–Crippen MR) is 74.1 cm³/mol. The van der Waals surface area contributed by atoms with Crippen molar-refractivity contribution in [2.75, 3.05) is 13.1 Å². The van der Waals surface area contributed by atoms with Crippen LogP contribution in [-0.2, 0) is 4.74 Å². The molecule has 0 aromatic rings. The molecule has 1 heterocycles. The lowest BCUT2D eigenvalue weighted by Crippen LogP contribution is -2.62. The van der Waals surface area contributed by atoms with Crippen LogP contribution in [0, 0.1) is 0 Å². The second kappa shape index (κ2) is 4.65. The number of carbonyl (C=O) groups excluding carboxylic acids is 1. The Morgan fingerprint density at radius 2 is 1.84 bits per heavy atom. The third-order valence-corrected chi connectivity index (χ3v) is 4.78. The van der Waals surface area contributed by atoms with E-state index in [9.17, 15) is 4.79 Å². The summed E-state index contributed by atoms with van der Waals surface area (Å²) in [5.74, 6) is 0. The monoisotopic (exact) mass is 266 g/mol. The SMILES string of the molecule is CC1(C)CN(C(=O)NC2CCC2)CC2(CCCC2)O1. The van der Waals surface area contributed by atoms with E-state index >= 15 is 0 Å². The fourth-order valence-electron chi connectivity index (χ4n) is 3.76. The molecule has 0 bridgehead atoms. The Labute approximate surface area is 115 Å². The molecule has 0 radical (unpaired) electrons. The molecule has 0 aromatic carbocycles. The molecule has 3 rings (SSSR count). The van der Waals surface area contributed by atoms with Gasteiger partial charge >= 0.3 is 6.03 Å². The van der Waals surface area contributed by atoms with Gasteiger partial charge in [0, 0.05) is 6.04 Å². The second-order valence-corrected chi connectivity index (χ2v) is 7.19. The molecule has 0 unspecified atom stereocenters. The Morgan fingerprint density at radius 1 is 1.16 bits per heavy atom. The zero-order valence-corrected chi connectivity index (χ0v) is 12.2. The van der Waals surface area contributed by atoms with Gasteiger partial charge in [0.25, 0.3) is 0 Å². The van der Waals surface area contributed by atoms with Gasteiger partial charge in [-0.2, -0.15) is 0 Å². The maximum absolute atomic E-state index is 12.4. The lowest BCUT2D eigenvalue weighted by atomic mass is 9.92. The molecule has 3 aliphatic rings. The van der Waals surface area contributed by atoms with Crippen molar-refractivity contribution in [3.8, 4) is 0 Å². The number of nitrogens with one attached hydrogen (secondary N) is 1. The Kier molecular flexibility index (Phi) is 3.24. The van der Waals surface area contributed by atoms with Gasteiger partial charge in [0.15, 0.2) is 0 Å². The van der Waals surface area contributed by atoms with Gasteiger partial charge in [-0.15, -0.1) is 0 Å². The summed E-state index contributed by atoms with van der Waals surface area (Å²) >= 11 is 0. The largest absolute Gasteiger partial charge is 0.365 e. The molecule has 1 saturated heterocycles. The van der Waals surface area contributed by atoms with E-state index in [4.69, 9.17) is 4.74 Å². The highest BCUT2D eigenvalue weighted by Crippen LogP contribution is 2.40. The molecule has 0 aromatic heterocycles. The summed E-state index contributed by atoms with van der Waals surface area (Å²) in [6.45, 7) is 5.69. The maximum atomic E-state index is 12.4. The van der Waals surface area contributed by atoms with Crippen LogP contribution in [0.2, 0.25) is 0 Å². The van der Waals surface area contributed by atoms with Crippen molar-refractivity contribution in [2.24, 2.45) is 0 Å². The number of carbonyl (C=O) groups is 1. The molecule has 1 N–H and O–H groups in total. The molecule has 19 heavy (non-hydrogen) atoms. The first kappa shape index (κ1) is 13.2. The van der Waals surface area contributed by atoms with E-state index in [0.29, 0.717) is 12.6 Å². The first-order valence-corrected chi connectivity index (χ1v) is 7.74. The van der Waals surface area contributed by atoms with Gasteiger partial charge < -0.3 is 15.0 Å². The molecule has 1 aliphatic heterocycles. The van der Waals surface area contributed by atoms with Crippen molar-refractivity contribution in [3.63, 3.8) is 0 Å². The molecular formula is C15H26N2O2. The summed E-state index contributed by atoms with van der Waals surface area (Å²) in [5, 5.41) is 3.16. The van der Waals surface area contributed by atoms with E-state index in [2.05, 4.69) is 19.2 Å². The predicted octanol–water partition coefficient (Wildman–Crippen LogP) is 2.67. The van der Waals surface area contributed by atoms with Crippen LogP contribution in [0.15, 0.2) is 0 Å². The van der Waals surface area contributed by atoms with Gasteiger partial charge in [-0.3, -0.25) is 0 Å². The molecule has 2 amide bonds. The summed E-state index contributed by atoms with van der Waals surface area (Å²) in [6.07, 6.45) is 8.20. The second-order valence-electron chi connectivity index (χ2n) is 7.19. The highest BCUT2D eigenvalue weighted by Gasteiger charge is 2.47. The molecule has 1 spiro atoms. The van der Waals surface area contributed by atoms with E-state index in [1.165, 1.54) is 19.3 Å². The summed E-state index contributed by atoms with van der Waals surface area (Å²) in [7, 11) is 0. The Hall–Kier alpha value is -0.770. The minimum Gasteiger partial charge on any atom is -0.365 e. The number of amides is 2. The molecule has 0 atom stereocenters. The van der Waals surface area contributed by atoms with Gasteiger partial charge in [-0.1, -0.05) is 12.8 Å². The van der Waals surface area contributed by atoms with Crippen molar-refractivity contribution in [3.05, 3.63) is 0 Å². The molecular weight excluding hydrogens is 240 g/mol. The Bertz CT molecular complexity index is 357. The van der Waals surface area contributed by atoms with Crippen molar-refractivity contribution >= 4 is 6.03 Å². The van der Waals surface area contributed by atoms with Gasteiger partial charge in [0.05, 0.1) is 24.3 Å². The fraction of sp³-hybridized carbons (Fsp3) is 0.933. The van der Waals surface area contributed by atoms with Crippen LogP contribution in [-0.4, -0.2) is 41.3 Å². The van der Waals surface area contributed by atoms with Crippen molar-refractivity contribution < 1.29 is 9.53 Å². The van der Waals surface area contributed by atoms with Crippen molar-refractivity contribution in [1.82, 2.24) is 10.2 Å². The van der Waals surface area contributed by atoms with Gasteiger partial charge in [-0.05, 0) is 46.0 Å². The highest BCUT2D eigenvalue weighted by atomic mass is 16.5. The number of ether oxygens (including phenoxy) is 1. The zero-order valence-electron chi connectivity index (χ0n) is 12.2. The summed E-state index contributed by atoms with van der Waals surface area (Å²) in [5.41, 5.74) is -0.293. The Balaban J connectivity index is 1.67. The number of rotatable bonds is 1. The molecule has 2 saturated carbocycles. The van der Waals surface area contributed by atoms with Gasteiger partial charge in [-0.25, -0.2) is 4.79 Å². The number of nitrogens with zero attached hydrogens (tertiary/aromatic N) is 1. The maximum Gasteiger partial charge on any atom is 0.317 e. The zero-order chi connectivity index (χ0) is 13.5. The standard InChI is InChI=1S/C15H26N2O2/c1-14(2)10-17(13(18)16-12-6-5-7-12)11-15(19-14)8-3-4-9-15/h12H,3-11H2,1-2H3,(H,16,18). The first-order valence-electron chi connectivity index (χ1n) is 7.74. The van der Waals surface area contributed by atoms with Crippen LogP contribution < -0.4 is 5.32 Å². The molecule has 4 heteroatoms. The lowest BCUT2D eigenvalue weighted by molar-refractivity contribution is -0.184. The summed E-state index contributed by atoms with van der Waals surface area (Å²) in [6, 6.07) is 0.533. The quantitative estimate of drug-likeness (QED) is 0.793. The number of urea groups is 1. The molecule has 108 valence electrons. The van der Waals surface area contributed by atoms with Gasteiger partial charge in [0.2, 0.25) is 0 Å². The number of hydrogen-bond acceptors (Lipinski definition) is 2. The fourth-order valence-corrected chi connectivity index (χ4v) is 3.76. The third-order valence-electron chi connectivity index (χ3n) is 4.78. The minimum absolute atomic E-state index is 0.0707. The third kappa shape index (κ3) is 2.73. The van der Waals surface area contributed by atoms with Gasteiger partial charge in [0.1, 0.15) is 0 Å². The summed E-state index contributed by atoms with van der Waals surface area (Å²) < 4.78 is 6.33. The summed E-state index contributed by atoms with van der Waals surface area (Å²) in [4.78, 5) is 14.4. The van der Waals surface area contributed by atoms with Crippen LogP contribution in [0.5, 0.6) is 0 Å². The van der Waals surface area contributed by atoms with Crippen molar-refractivity contribution in [2.45, 2.75) is 76.0 Å². The van der Waals surface area contributed by atoms with Crippen LogP contribution >= 0.6 is 0 Å². The van der Waals surface area contributed by atoms with Crippen LogP contribution in [0.1, 0.15) is 58.8 Å². The van der Waals surface area contributed by atoms with Crippen LogP contribution in [0.3, 0.4) is 0 Å². The first-order chi connectivity index (χ1) is 8.98. The van der Waals surface area contributed by atoms with Crippen LogP contribution in [0.25, 0.3) is 0 Å². The molecule has 4 nitrogen and oxygen atoms in total. The smallest absolute Gasteiger partial charge is 0.317 e. The minimum atomic E-state index is -0.223. The molecule has 3 fully saturated rings. The van der Waals surface area contributed by atoms with E-state index in [1.807, 2.05) is 4.90 Å². The van der Waals surface area contributed by atoms with Crippen molar-refractivity contribution in [1.29, 1.82) is 0 Å². The topological polar surface area (TPSA) is 41.6 Å². The van der Waals surface area contributed by atoms with Crippen LogP contribution in [0.4, 0.5) is 4.79 Å². The average Bonchev–Trinajstić information content (AvgIpc) is 2.68.